The second-order valence-electron chi connectivity index (χ2n) is 5.39. The molecule has 21 heavy (non-hydrogen) atoms. The number of hydrogen-bond acceptors (Lipinski definition) is 3. The van der Waals surface area contributed by atoms with Gasteiger partial charge in [-0.3, -0.25) is 0 Å². The standard InChI is InChI=1S/C18H16O3/c1-11(2)12-7-9-13(10-8-12)16-17(19)14-5-3-4-6-15(14)21-18(16)20/h3-11,19H,1-2H3. The number of hydrogen-bond donors (Lipinski definition) is 1. The first-order valence-corrected chi connectivity index (χ1v) is 6.93. The summed E-state index contributed by atoms with van der Waals surface area (Å²) in [6.45, 7) is 4.22. The van der Waals surface area contributed by atoms with Crippen LogP contribution in [-0.4, -0.2) is 5.11 Å². The lowest BCUT2D eigenvalue weighted by atomic mass is 9.98. The van der Waals surface area contributed by atoms with Gasteiger partial charge < -0.3 is 9.52 Å². The molecule has 106 valence electrons. The third kappa shape index (κ3) is 2.31. The first-order chi connectivity index (χ1) is 10.1. The Morgan fingerprint density at radius 1 is 1.00 bits per heavy atom. The van der Waals surface area contributed by atoms with Gasteiger partial charge in [0.2, 0.25) is 0 Å². The van der Waals surface area contributed by atoms with E-state index < -0.39 is 5.63 Å². The van der Waals surface area contributed by atoms with Crippen LogP contribution in [0.25, 0.3) is 22.1 Å². The summed E-state index contributed by atoms with van der Waals surface area (Å²) in [5.74, 6) is 0.389. The van der Waals surface area contributed by atoms with Gasteiger partial charge in [-0.15, -0.1) is 0 Å². The summed E-state index contributed by atoms with van der Waals surface area (Å²) in [5.41, 5.74) is 1.93. The lowest BCUT2D eigenvalue weighted by Gasteiger charge is -2.09. The van der Waals surface area contributed by atoms with Crippen LogP contribution in [0.1, 0.15) is 25.3 Å². The van der Waals surface area contributed by atoms with Gasteiger partial charge in [0, 0.05) is 0 Å². The highest BCUT2D eigenvalue weighted by molar-refractivity contribution is 5.90. The molecule has 0 bridgehead atoms. The monoisotopic (exact) mass is 280 g/mol. The molecule has 0 radical (unpaired) electrons. The second kappa shape index (κ2) is 5.09. The summed E-state index contributed by atoms with van der Waals surface area (Å²) in [6.07, 6.45) is 0. The van der Waals surface area contributed by atoms with Crippen LogP contribution in [0.5, 0.6) is 5.75 Å². The van der Waals surface area contributed by atoms with Crippen molar-refractivity contribution in [2.24, 2.45) is 0 Å². The van der Waals surface area contributed by atoms with Gasteiger partial charge in [-0.05, 0) is 29.2 Å². The molecule has 0 aliphatic rings. The normalized spacial score (nSPS) is 11.2. The van der Waals surface area contributed by atoms with E-state index in [9.17, 15) is 9.90 Å². The molecular weight excluding hydrogens is 264 g/mol. The Hall–Kier alpha value is -2.55. The first-order valence-electron chi connectivity index (χ1n) is 6.93. The highest BCUT2D eigenvalue weighted by atomic mass is 16.4. The zero-order chi connectivity index (χ0) is 15.0. The van der Waals surface area contributed by atoms with E-state index in [-0.39, 0.29) is 11.3 Å². The van der Waals surface area contributed by atoms with E-state index in [1.807, 2.05) is 24.3 Å². The Balaban J connectivity index is 2.22. The van der Waals surface area contributed by atoms with E-state index in [0.717, 1.165) is 0 Å². The van der Waals surface area contributed by atoms with Crippen molar-refractivity contribution < 1.29 is 9.52 Å². The fraction of sp³-hybridized carbons (Fsp3) is 0.167. The largest absolute Gasteiger partial charge is 0.506 e. The van der Waals surface area contributed by atoms with Crippen LogP contribution in [0.2, 0.25) is 0 Å². The fourth-order valence-electron chi connectivity index (χ4n) is 2.42. The SMILES string of the molecule is CC(C)c1ccc(-c2c(O)c3ccccc3oc2=O)cc1. The summed E-state index contributed by atoms with van der Waals surface area (Å²) < 4.78 is 5.29. The van der Waals surface area contributed by atoms with Crippen LogP contribution in [-0.2, 0) is 0 Å². The molecule has 1 aromatic heterocycles. The van der Waals surface area contributed by atoms with Crippen LogP contribution in [0.4, 0.5) is 0 Å². The molecule has 0 fully saturated rings. The van der Waals surface area contributed by atoms with E-state index in [0.29, 0.717) is 22.5 Å². The Labute approximate surface area is 122 Å². The molecule has 0 aliphatic carbocycles. The van der Waals surface area contributed by atoms with Gasteiger partial charge in [0.25, 0.3) is 0 Å². The molecule has 1 N–H and O–H groups in total. The smallest absolute Gasteiger partial charge is 0.347 e. The van der Waals surface area contributed by atoms with Gasteiger partial charge in [-0.2, -0.15) is 0 Å². The maximum atomic E-state index is 12.1. The highest BCUT2D eigenvalue weighted by Gasteiger charge is 2.15. The molecule has 0 spiro atoms. The van der Waals surface area contributed by atoms with E-state index >= 15 is 0 Å². The van der Waals surface area contributed by atoms with E-state index in [4.69, 9.17) is 4.42 Å². The van der Waals surface area contributed by atoms with Crippen molar-refractivity contribution in [2.75, 3.05) is 0 Å². The van der Waals surface area contributed by atoms with Crippen molar-refractivity contribution in [3.8, 4) is 16.9 Å². The van der Waals surface area contributed by atoms with Gasteiger partial charge in [0.15, 0.2) is 0 Å². The molecule has 0 amide bonds. The molecule has 0 aliphatic heterocycles. The topological polar surface area (TPSA) is 50.4 Å². The molecule has 0 saturated carbocycles. The van der Waals surface area contributed by atoms with Gasteiger partial charge in [-0.1, -0.05) is 50.2 Å². The number of fused-ring (bicyclic) bond motifs is 1. The maximum Gasteiger partial charge on any atom is 0.347 e. The van der Waals surface area contributed by atoms with Gasteiger partial charge in [-0.25, -0.2) is 4.79 Å². The van der Waals surface area contributed by atoms with Gasteiger partial charge >= 0.3 is 5.63 Å². The van der Waals surface area contributed by atoms with Gasteiger partial charge in [0.05, 0.1) is 5.39 Å². The predicted octanol–water partition coefficient (Wildman–Crippen LogP) is 4.29. The van der Waals surface area contributed by atoms with Gasteiger partial charge in [0.1, 0.15) is 16.9 Å². The molecule has 3 rings (SSSR count). The zero-order valence-corrected chi connectivity index (χ0v) is 12.0. The summed E-state index contributed by atoms with van der Waals surface area (Å²) in [5, 5.41) is 10.9. The first kappa shape index (κ1) is 13.4. The minimum absolute atomic E-state index is 0.0286. The quantitative estimate of drug-likeness (QED) is 0.712. The van der Waals surface area contributed by atoms with E-state index in [1.165, 1.54) is 5.56 Å². The number of benzene rings is 2. The summed E-state index contributed by atoms with van der Waals surface area (Å²) in [6, 6.07) is 14.6. The molecule has 3 nitrogen and oxygen atoms in total. The van der Waals surface area contributed by atoms with Crippen molar-refractivity contribution in [1.82, 2.24) is 0 Å². The molecule has 3 heteroatoms. The van der Waals surface area contributed by atoms with Crippen molar-refractivity contribution in [3.05, 3.63) is 64.5 Å². The van der Waals surface area contributed by atoms with Crippen molar-refractivity contribution in [3.63, 3.8) is 0 Å². The Bertz CT molecular complexity index is 842. The van der Waals surface area contributed by atoms with Crippen molar-refractivity contribution in [2.45, 2.75) is 19.8 Å². The maximum absolute atomic E-state index is 12.1. The summed E-state index contributed by atoms with van der Waals surface area (Å²) in [4.78, 5) is 12.1. The van der Waals surface area contributed by atoms with E-state index in [1.54, 1.807) is 24.3 Å². The number of para-hydroxylation sites is 1. The Kier molecular flexibility index (Phi) is 3.26. The molecule has 2 aromatic carbocycles. The average Bonchev–Trinajstić information content (AvgIpc) is 2.48. The van der Waals surface area contributed by atoms with Crippen LogP contribution >= 0.6 is 0 Å². The van der Waals surface area contributed by atoms with Crippen LogP contribution < -0.4 is 5.63 Å². The van der Waals surface area contributed by atoms with Crippen LogP contribution in [0, 0.1) is 0 Å². The Morgan fingerprint density at radius 2 is 1.67 bits per heavy atom. The van der Waals surface area contributed by atoms with Crippen molar-refractivity contribution >= 4 is 11.0 Å². The fourth-order valence-corrected chi connectivity index (χ4v) is 2.42. The molecule has 0 unspecified atom stereocenters. The summed E-state index contributed by atoms with van der Waals surface area (Å²) in [7, 11) is 0. The molecule has 0 saturated heterocycles. The van der Waals surface area contributed by atoms with Crippen LogP contribution in [0.15, 0.2) is 57.7 Å². The van der Waals surface area contributed by atoms with Crippen molar-refractivity contribution in [1.29, 1.82) is 0 Å². The lowest BCUT2D eigenvalue weighted by molar-refractivity contribution is 0.471. The molecule has 3 aromatic rings. The third-order valence-corrected chi connectivity index (χ3v) is 3.65. The number of rotatable bonds is 2. The second-order valence-corrected chi connectivity index (χ2v) is 5.39. The highest BCUT2D eigenvalue weighted by Crippen LogP contribution is 2.33. The summed E-state index contributed by atoms with van der Waals surface area (Å²) >= 11 is 0. The molecular formula is C18H16O3. The molecule has 1 heterocycles. The zero-order valence-electron chi connectivity index (χ0n) is 12.0. The minimum Gasteiger partial charge on any atom is -0.506 e. The number of aromatic hydroxyl groups is 1. The predicted molar refractivity (Wildman–Crippen MR) is 83.7 cm³/mol. The van der Waals surface area contributed by atoms with Crippen LogP contribution in [0.3, 0.4) is 0 Å². The lowest BCUT2D eigenvalue weighted by Crippen LogP contribution is -2.03. The Morgan fingerprint density at radius 3 is 2.33 bits per heavy atom. The minimum atomic E-state index is -0.525. The van der Waals surface area contributed by atoms with E-state index in [2.05, 4.69) is 13.8 Å². The average molecular weight is 280 g/mol. The molecule has 0 atom stereocenters. The third-order valence-electron chi connectivity index (χ3n) is 3.65.